The minimum Gasteiger partial charge on any atom is -0.341 e. The quantitative estimate of drug-likeness (QED) is 0.899. The predicted molar refractivity (Wildman–Crippen MR) is 94.0 cm³/mol. The fourth-order valence-corrected chi connectivity index (χ4v) is 3.82. The van der Waals surface area contributed by atoms with E-state index in [0.29, 0.717) is 16.3 Å². The number of benzene rings is 1. The topological polar surface area (TPSA) is 75.9 Å². The molecule has 1 amide bonds. The molecular formula is C17H21ClN6O. The Morgan fingerprint density at radius 1 is 1.20 bits per heavy atom. The van der Waals surface area contributed by atoms with Gasteiger partial charge in [0.05, 0.1) is 0 Å². The fraction of sp³-hybridized carbons (Fsp3) is 0.529. The summed E-state index contributed by atoms with van der Waals surface area (Å²) < 4.78 is 0. The Labute approximate surface area is 151 Å². The zero-order valence-corrected chi connectivity index (χ0v) is 14.7. The van der Waals surface area contributed by atoms with Crippen molar-refractivity contribution in [2.75, 3.05) is 26.2 Å². The van der Waals surface area contributed by atoms with Gasteiger partial charge in [0.2, 0.25) is 11.7 Å². The molecule has 2 aromatic rings. The number of aromatic nitrogens is 4. The Bertz CT molecular complexity index is 743. The molecule has 2 aliphatic heterocycles. The summed E-state index contributed by atoms with van der Waals surface area (Å²) in [6.07, 6.45) is 3.38. The van der Waals surface area contributed by atoms with Crippen LogP contribution in [0.4, 0.5) is 0 Å². The summed E-state index contributed by atoms with van der Waals surface area (Å²) in [7, 11) is 0. The average Bonchev–Trinajstić information content (AvgIpc) is 3.26. The van der Waals surface area contributed by atoms with Gasteiger partial charge < -0.3 is 10.2 Å². The van der Waals surface area contributed by atoms with Gasteiger partial charge in [0.25, 0.3) is 0 Å². The molecule has 1 spiro atoms. The number of rotatable bonds is 3. The second kappa shape index (κ2) is 6.72. The van der Waals surface area contributed by atoms with E-state index >= 15 is 0 Å². The first-order valence-corrected chi connectivity index (χ1v) is 9.04. The summed E-state index contributed by atoms with van der Waals surface area (Å²) in [6, 6.07) is 7.24. The van der Waals surface area contributed by atoms with E-state index in [9.17, 15) is 4.79 Å². The number of likely N-dealkylation sites (tertiary alicyclic amines) is 1. The predicted octanol–water partition coefficient (Wildman–Crippen LogP) is 1.60. The molecule has 2 aliphatic rings. The fourth-order valence-electron chi connectivity index (χ4n) is 3.70. The molecule has 8 heteroatoms. The Balaban J connectivity index is 1.36. The molecule has 132 valence electrons. The molecule has 3 heterocycles. The van der Waals surface area contributed by atoms with Gasteiger partial charge >= 0.3 is 0 Å². The number of carbonyl (C=O) groups is 1. The Morgan fingerprint density at radius 3 is 2.64 bits per heavy atom. The summed E-state index contributed by atoms with van der Waals surface area (Å²) in [5.41, 5.74) is 1.24. The van der Waals surface area contributed by atoms with Crippen molar-refractivity contribution in [3.05, 3.63) is 29.3 Å². The number of halogens is 1. The first-order chi connectivity index (χ1) is 12.1. The molecule has 0 radical (unpaired) electrons. The Morgan fingerprint density at radius 2 is 1.96 bits per heavy atom. The Kier molecular flexibility index (Phi) is 4.43. The monoisotopic (exact) mass is 360 g/mol. The molecule has 0 bridgehead atoms. The van der Waals surface area contributed by atoms with E-state index in [4.69, 9.17) is 11.6 Å². The van der Waals surface area contributed by atoms with Crippen LogP contribution in [-0.4, -0.2) is 57.2 Å². The summed E-state index contributed by atoms with van der Waals surface area (Å²) in [5, 5.41) is 16.5. The maximum absolute atomic E-state index is 12.5. The maximum Gasteiger partial charge on any atom is 0.246 e. The summed E-state index contributed by atoms with van der Waals surface area (Å²) in [6.45, 7) is 3.96. The first-order valence-electron chi connectivity index (χ1n) is 8.66. The van der Waals surface area contributed by atoms with E-state index in [1.54, 1.807) is 12.1 Å². The molecule has 0 atom stereocenters. The van der Waals surface area contributed by atoms with E-state index in [1.165, 1.54) is 11.2 Å². The molecule has 0 saturated carbocycles. The average molecular weight is 361 g/mol. The lowest BCUT2D eigenvalue weighted by molar-refractivity contribution is -0.134. The van der Waals surface area contributed by atoms with E-state index in [0.717, 1.165) is 44.6 Å². The number of amides is 1. The van der Waals surface area contributed by atoms with Crippen molar-refractivity contribution in [1.29, 1.82) is 0 Å². The highest BCUT2D eigenvalue weighted by Gasteiger charge is 2.38. The molecule has 1 aromatic carbocycles. The molecule has 2 fully saturated rings. The molecule has 1 N–H and O–H groups in total. The lowest BCUT2D eigenvalue weighted by atomic mass is 9.78. The molecule has 0 aliphatic carbocycles. The van der Waals surface area contributed by atoms with Gasteiger partial charge in [-0.25, -0.2) is 0 Å². The van der Waals surface area contributed by atoms with E-state index in [1.807, 2.05) is 17.0 Å². The van der Waals surface area contributed by atoms with Crippen LogP contribution in [0.15, 0.2) is 24.3 Å². The lowest BCUT2D eigenvalue weighted by Crippen LogP contribution is -2.45. The van der Waals surface area contributed by atoms with Crippen molar-refractivity contribution < 1.29 is 4.79 Å². The van der Waals surface area contributed by atoms with Gasteiger partial charge in [0.1, 0.15) is 6.54 Å². The molecule has 7 nitrogen and oxygen atoms in total. The number of hydrogen-bond acceptors (Lipinski definition) is 5. The number of hydrogen-bond donors (Lipinski definition) is 1. The van der Waals surface area contributed by atoms with Crippen LogP contribution in [0.5, 0.6) is 0 Å². The van der Waals surface area contributed by atoms with Crippen molar-refractivity contribution in [2.45, 2.75) is 25.8 Å². The molecule has 25 heavy (non-hydrogen) atoms. The molecule has 0 unspecified atom stereocenters. The van der Waals surface area contributed by atoms with Gasteiger partial charge in [-0.05, 0) is 60.7 Å². The van der Waals surface area contributed by atoms with Crippen LogP contribution in [0.3, 0.4) is 0 Å². The number of piperidine rings is 1. The molecule has 2 saturated heterocycles. The molecule has 1 aromatic heterocycles. The third-order valence-corrected chi connectivity index (χ3v) is 5.59. The van der Waals surface area contributed by atoms with Crippen LogP contribution < -0.4 is 5.32 Å². The minimum atomic E-state index is 0.0564. The van der Waals surface area contributed by atoms with Crippen LogP contribution in [-0.2, 0) is 11.3 Å². The third kappa shape index (κ3) is 3.52. The van der Waals surface area contributed by atoms with Gasteiger partial charge in [-0.2, -0.15) is 4.80 Å². The second-order valence-electron chi connectivity index (χ2n) is 6.96. The highest BCUT2D eigenvalue weighted by Crippen LogP contribution is 2.36. The molecular weight excluding hydrogens is 340 g/mol. The third-order valence-electron chi connectivity index (χ3n) is 5.34. The van der Waals surface area contributed by atoms with Gasteiger partial charge in [-0.15, -0.1) is 10.2 Å². The van der Waals surface area contributed by atoms with Crippen molar-refractivity contribution in [1.82, 2.24) is 30.4 Å². The largest absolute Gasteiger partial charge is 0.341 e. The minimum absolute atomic E-state index is 0.0564. The zero-order valence-electron chi connectivity index (χ0n) is 14.0. The SMILES string of the molecule is O=C(Cn1nnc(-c2ccc(Cl)cc2)n1)N1CCC2(CCNC2)CC1. The van der Waals surface area contributed by atoms with Gasteiger partial charge in [-0.1, -0.05) is 11.6 Å². The molecule has 4 rings (SSSR count). The van der Waals surface area contributed by atoms with Crippen molar-refractivity contribution in [2.24, 2.45) is 5.41 Å². The normalized spacial score (nSPS) is 19.5. The van der Waals surface area contributed by atoms with Crippen LogP contribution in [0.1, 0.15) is 19.3 Å². The van der Waals surface area contributed by atoms with E-state index in [-0.39, 0.29) is 12.5 Å². The highest BCUT2D eigenvalue weighted by atomic mass is 35.5. The van der Waals surface area contributed by atoms with Gasteiger partial charge in [0.15, 0.2) is 0 Å². The van der Waals surface area contributed by atoms with Gasteiger partial charge in [0, 0.05) is 30.2 Å². The smallest absolute Gasteiger partial charge is 0.246 e. The zero-order chi connectivity index (χ0) is 17.3. The maximum atomic E-state index is 12.5. The van der Waals surface area contributed by atoms with Crippen molar-refractivity contribution in [3.8, 4) is 11.4 Å². The number of carbonyl (C=O) groups excluding carboxylic acids is 1. The summed E-state index contributed by atoms with van der Waals surface area (Å²) in [4.78, 5) is 15.8. The number of nitrogens with one attached hydrogen (secondary N) is 1. The van der Waals surface area contributed by atoms with Crippen LogP contribution in [0.25, 0.3) is 11.4 Å². The van der Waals surface area contributed by atoms with E-state index < -0.39 is 0 Å². The Hall–Kier alpha value is -1.99. The van der Waals surface area contributed by atoms with Gasteiger partial charge in [-0.3, -0.25) is 4.79 Å². The first kappa shape index (κ1) is 16.5. The summed E-state index contributed by atoms with van der Waals surface area (Å²) in [5.74, 6) is 0.556. The number of tetrazole rings is 1. The second-order valence-corrected chi connectivity index (χ2v) is 7.39. The van der Waals surface area contributed by atoms with Crippen LogP contribution in [0, 0.1) is 5.41 Å². The highest BCUT2D eigenvalue weighted by molar-refractivity contribution is 6.30. The lowest BCUT2D eigenvalue weighted by Gasteiger charge is -2.38. The van der Waals surface area contributed by atoms with Crippen molar-refractivity contribution in [3.63, 3.8) is 0 Å². The van der Waals surface area contributed by atoms with E-state index in [2.05, 4.69) is 20.7 Å². The number of nitrogens with zero attached hydrogens (tertiary/aromatic N) is 5. The van der Waals surface area contributed by atoms with Crippen LogP contribution in [0.2, 0.25) is 5.02 Å². The standard InChI is InChI=1S/C17H21ClN6O/c18-14-3-1-13(2-4-14)16-20-22-24(21-16)11-15(25)23-9-6-17(7-10-23)5-8-19-12-17/h1-4,19H,5-12H2. The summed E-state index contributed by atoms with van der Waals surface area (Å²) >= 11 is 5.89. The van der Waals surface area contributed by atoms with Crippen molar-refractivity contribution >= 4 is 17.5 Å². The van der Waals surface area contributed by atoms with Crippen LogP contribution >= 0.6 is 11.6 Å².